The van der Waals surface area contributed by atoms with Gasteiger partial charge in [-0.25, -0.2) is 0 Å². The van der Waals surface area contributed by atoms with Gasteiger partial charge >= 0.3 is 5.97 Å². The van der Waals surface area contributed by atoms with Crippen LogP contribution in [0.4, 0.5) is 0 Å². The van der Waals surface area contributed by atoms with Gasteiger partial charge in [0, 0.05) is 0 Å². The highest BCUT2D eigenvalue weighted by molar-refractivity contribution is 7.12. The summed E-state index contributed by atoms with van der Waals surface area (Å²) in [6, 6.07) is 11.9. The second-order valence-electron chi connectivity index (χ2n) is 5.04. The Morgan fingerprint density at radius 3 is 2.54 bits per heavy atom. The Balaban J connectivity index is 1.69. The van der Waals surface area contributed by atoms with Crippen LogP contribution >= 0.6 is 11.3 Å². The summed E-state index contributed by atoms with van der Waals surface area (Å²) in [4.78, 5) is 35.9. The Morgan fingerprint density at radius 2 is 1.88 bits per heavy atom. The summed E-state index contributed by atoms with van der Waals surface area (Å²) in [5.74, 6) is -1.31. The first-order valence-corrected chi connectivity index (χ1v) is 8.26. The van der Waals surface area contributed by atoms with Gasteiger partial charge in [-0.05, 0) is 23.9 Å². The highest BCUT2D eigenvalue weighted by Crippen LogP contribution is 2.08. The summed E-state index contributed by atoms with van der Waals surface area (Å²) in [5.41, 5.74) is 0.869. The minimum atomic E-state index is -0.749. The molecule has 1 atom stereocenters. The van der Waals surface area contributed by atoms with Crippen LogP contribution in [0.1, 0.15) is 22.2 Å². The Labute approximate surface area is 143 Å². The molecule has 2 rings (SSSR count). The molecule has 0 saturated carbocycles. The van der Waals surface area contributed by atoms with Crippen LogP contribution in [0.3, 0.4) is 0 Å². The maximum absolute atomic E-state index is 11.9. The number of hydrogen-bond acceptors (Lipinski definition) is 5. The Morgan fingerprint density at radius 1 is 1.12 bits per heavy atom. The molecule has 7 heteroatoms. The number of ether oxygens (including phenoxy) is 1. The number of thiophene rings is 1. The first-order valence-electron chi connectivity index (χ1n) is 7.38. The Kier molecular flexibility index (Phi) is 6.51. The fraction of sp³-hybridized carbons (Fsp3) is 0.235. The molecule has 0 aliphatic rings. The van der Waals surface area contributed by atoms with Crippen molar-refractivity contribution in [2.24, 2.45) is 0 Å². The van der Waals surface area contributed by atoms with Gasteiger partial charge < -0.3 is 15.4 Å². The maximum atomic E-state index is 11.9. The molecule has 1 heterocycles. The summed E-state index contributed by atoms with van der Waals surface area (Å²) in [7, 11) is 0. The first-order chi connectivity index (χ1) is 11.6. The molecule has 6 nitrogen and oxygen atoms in total. The highest BCUT2D eigenvalue weighted by atomic mass is 32.1. The predicted octanol–water partition coefficient (Wildman–Crippen LogP) is 1.73. The molecule has 0 spiro atoms. The van der Waals surface area contributed by atoms with E-state index < -0.39 is 17.9 Å². The van der Waals surface area contributed by atoms with E-state index in [-0.39, 0.29) is 19.1 Å². The third kappa shape index (κ3) is 5.51. The van der Waals surface area contributed by atoms with Crippen molar-refractivity contribution in [3.05, 3.63) is 58.3 Å². The van der Waals surface area contributed by atoms with Gasteiger partial charge in [0.15, 0.2) is 0 Å². The molecule has 0 bridgehead atoms. The minimum absolute atomic E-state index is 0.153. The zero-order valence-corrected chi connectivity index (χ0v) is 14.0. The second-order valence-corrected chi connectivity index (χ2v) is 5.98. The van der Waals surface area contributed by atoms with Crippen LogP contribution in [-0.4, -0.2) is 30.4 Å². The van der Waals surface area contributed by atoms with Crippen LogP contribution in [-0.2, 0) is 20.9 Å². The van der Waals surface area contributed by atoms with Gasteiger partial charge in [0.2, 0.25) is 5.91 Å². The largest absolute Gasteiger partial charge is 0.460 e. The second kappa shape index (κ2) is 8.83. The zero-order valence-electron chi connectivity index (χ0n) is 13.2. The van der Waals surface area contributed by atoms with E-state index in [1.807, 2.05) is 30.3 Å². The normalized spacial score (nSPS) is 11.4. The third-order valence-electron chi connectivity index (χ3n) is 3.14. The molecule has 2 N–H and O–H groups in total. The average Bonchev–Trinajstić information content (AvgIpc) is 3.13. The van der Waals surface area contributed by atoms with Crippen molar-refractivity contribution >= 4 is 29.1 Å². The highest BCUT2D eigenvalue weighted by Gasteiger charge is 2.17. The average molecular weight is 346 g/mol. The van der Waals surface area contributed by atoms with Crippen molar-refractivity contribution in [3.8, 4) is 0 Å². The van der Waals surface area contributed by atoms with Crippen molar-refractivity contribution in [2.75, 3.05) is 6.54 Å². The lowest BCUT2D eigenvalue weighted by atomic mass is 10.2. The van der Waals surface area contributed by atoms with Crippen molar-refractivity contribution in [3.63, 3.8) is 0 Å². The molecule has 1 aromatic carbocycles. The summed E-state index contributed by atoms with van der Waals surface area (Å²) >= 11 is 1.29. The van der Waals surface area contributed by atoms with E-state index in [1.165, 1.54) is 11.3 Å². The van der Waals surface area contributed by atoms with Crippen LogP contribution in [0.25, 0.3) is 0 Å². The number of carbonyl (C=O) groups is 3. The minimum Gasteiger partial charge on any atom is -0.460 e. The zero-order chi connectivity index (χ0) is 17.4. The molecule has 1 aromatic heterocycles. The monoisotopic (exact) mass is 346 g/mol. The molecule has 2 amide bonds. The number of esters is 1. The Hall–Kier alpha value is -2.67. The number of benzene rings is 1. The van der Waals surface area contributed by atoms with Gasteiger partial charge in [-0.3, -0.25) is 14.4 Å². The van der Waals surface area contributed by atoms with E-state index in [0.717, 1.165) is 5.56 Å². The van der Waals surface area contributed by atoms with E-state index in [2.05, 4.69) is 10.6 Å². The predicted molar refractivity (Wildman–Crippen MR) is 90.5 cm³/mol. The smallest absolute Gasteiger partial charge is 0.325 e. The molecule has 24 heavy (non-hydrogen) atoms. The summed E-state index contributed by atoms with van der Waals surface area (Å²) in [6.07, 6.45) is 0. The third-order valence-corrected chi connectivity index (χ3v) is 4.00. The molecule has 0 fully saturated rings. The number of hydrogen-bond donors (Lipinski definition) is 2. The van der Waals surface area contributed by atoms with E-state index >= 15 is 0 Å². The van der Waals surface area contributed by atoms with Gasteiger partial charge in [-0.15, -0.1) is 11.3 Å². The maximum Gasteiger partial charge on any atom is 0.325 e. The standard InChI is InChI=1S/C17H18N2O4S/c1-12(19-17(22)14-8-5-9-24-14)16(21)18-10-15(20)23-11-13-6-3-2-4-7-13/h2-9,12H,10-11H2,1H3,(H,18,21)(H,19,22). The van der Waals surface area contributed by atoms with Crippen LogP contribution in [0.2, 0.25) is 0 Å². The lowest BCUT2D eigenvalue weighted by molar-refractivity contribution is -0.145. The van der Waals surface area contributed by atoms with E-state index in [4.69, 9.17) is 4.74 Å². The quantitative estimate of drug-likeness (QED) is 0.748. The van der Waals surface area contributed by atoms with Gasteiger partial charge in [0.25, 0.3) is 5.91 Å². The van der Waals surface area contributed by atoms with Gasteiger partial charge in [-0.1, -0.05) is 36.4 Å². The molecule has 2 aromatic rings. The fourth-order valence-electron chi connectivity index (χ4n) is 1.84. The molecule has 126 valence electrons. The first kappa shape index (κ1) is 17.7. The van der Waals surface area contributed by atoms with Crippen molar-refractivity contribution in [1.29, 1.82) is 0 Å². The van der Waals surface area contributed by atoms with Gasteiger partial charge in [0.1, 0.15) is 19.2 Å². The van der Waals surface area contributed by atoms with Crippen molar-refractivity contribution in [1.82, 2.24) is 10.6 Å². The molecular formula is C17H18N2O4S. The van der Waals surface area contributed by atoms with E-state index in [9.17, 15) is 14.4 Å². The number of amides is 2. The molecule has 0 saturated heterocycles. The molecule has 0 aliphatic carbocycles. The number of nitrogens with one attached hydrogen (secondary N) is 2. The van der Waals surface area contributed by atoms with Crippen LogP contribution in [0.5, 0.6) is 0 Å². The lowest BCUT2D eigenvalue weighted by Crippen LogP contribution is -2.46. The fourth-order valence-corrected chi connectivity index (χ4v) is 2.47. The van der Waals surface area contributed by atoms with Crippen LogP contribution < -0.4 is 10.6 Å². The summed E-state index contributed by atoms with van der Waals surface area (Å²) in [6.45, 7) is 1.46. The van der Waals surface area contributed by atoms with E-state index in [1.54, 1.807) is 24.4 Å². The van der Waals surface area contributed by atoms with Crippen LogP contribution in [0.15, 0.2) is 47.8 Å². The van der Waals surface area contributed by atoms with E-state index in [0.29, 0.717) is 4.88 Å². The molecule has 0 aliphatic heterocycles. The van der Waals surface area contributed by atoms with Gasteiger partial charge in [0.05, 0.1) is 4.88 Å². The number of rotatable bonds is 7. The topological polar surface area (TPSA) is 84.5 Å². The number of carbonyl (C=O) groups excluding carboxylic acids is 3. The van der Waals surface area contributed by atoms with Gasteiger partial charge in [-0.2, -0.15) is 0 Å². The lowest BCUT2D eigenvalue weighted by Gasteiger charge is -2.13. The molecule has 0 radical (unpaired) electrons. The summed E-state index contributed by atoms with van der Waals surface area (Å²) in [5, 5.41) is 6.80. The SMILES string of the molecule is CC(NC(=O)c1cccs1)C(=O)NCC(=O)OCc1ccccc1. The summed E-state index contributed by atoms with van der Waals surface area (Å²) < 4.78 is 5.06. The molecule has 1 unspecified atom stereocenters. The van der Waals surface area contributed by atoms with Crippen molar-refractivity contribution in [2.45, 2.75) is 19.6 Å². The molecular weight excluding hydrogens is 328 g/mol. The van der Waals surface area contributed by atoms with Crippen molar-refractivity contribution < 1.29 is 19.1 Å². The van der Waals surface area contributed by atoms with Crippen LogP contribution in [0, 0.1) is 0 Å². The Bertz CT molecular complexity index is 686.